The summed E-state index contributed by atoms with van der Waals surface area (Å²) in [7, 11) is 0. The van der Waals surface area contributed by atoms with Gasteiger partial charge in [0, 0.05) is 17.0 Å². The van der Waals surface area contributed by atoms with E-state index in [-0.39, 0.29) is 17.5 Å². The minimum Gasteiger partial charge on any atom is -0.478 e. The van der Waals surface area contributed by atoms with Crippen molar-refractivity contribution in [3.05, 3.63) is 57.8 Å². The number of thiophene rings is 1. The van der Waals surface area contributed by atoms with E-state index in [0.717, 1.165) is 19.4 Å². The van der Waals surface area contributed by atoms with E-state index in [0.29, 0.717) is 5.56 Å². The van der Waals surface area contributed by atoms with Crippen molar-refractivity contribution in [2.45, 2.75) is 18.9 Å². The fourth-order valence-corrected chi connectivity index (χ4v) is 3.58. The molecule has 1 unspecified atom stereocenters. The number of carboxylic acids is 1. The normalized spacial score (nSPS) is 17.9. The third kappa shape index (κ3) is 2.69. The second-order valence-corrected chi connectivity index (χ2v) is 6.03. The van der Waals surface area contributed by atoms with Crippen LogP contribution in [0.3, 0.4) is 0 Å². The number of hydrogen-bond acceptors (Lipinski definition) is 3. The Bertz CT molecular complexity index is 649. The van der Waals surface area contributed by atoms with E-state index in [2.05, 4.69) is 6.07 Å². The lowest BCUT2D eigenvalue weighted by Crippen LogP contribution is -2.30. The highest BCUT2D eigenvalue weighted by Crippen LogP contribution is 2.35. The molecule has 5 heteroatoms. The fraction of sp³-hybridized carbons (Fsp3) is 0.250. The van der Waals surface area contributed by atoms with Crippen molar-refractivity contribution in [2.75, 3.05) is 6.54 Å². The van der Waals surface area contributed by atoms with E-state index < -0.39 is 5.97 Å². The molecule has 1 amide bonds. The molecule has 1 aliphatic heterocycles. The maximum Gasteiger partial charge on any atom is 0.335 e. The van der Waals surface area contributed by atoms with E-state index in [9.17, 15) is 9.59 Å². The number of aromatic carboxylic acids is 1. The van der Waals surface area contributed by atoms with Gasteiger partial charge in [-0.25, -0.2) is 4.79 Å². The van der Waals surface area contributed by atoms with Crippen LogP contribution in [-0.2, 0) is 0 Å². The molecule has 1 aliphatic rings. The number of carbonyl (C=O) groups is 2. The highest BCUT2D eigenvalue weighted by Gasteiger charge is 2.31. The average molecular weight is 301 g/mol. The number of carbonyl (C=O) groups excluding carboxylic acids is 1. The van der Waals surface area contributed by atoms with Crippen LogP contribution in [0.2, 0.25) is 0 Å². The maximum absolute atomic E-state index is 12.6. The van der Waals surface area contributed by atoms with E-state index in [1.54, 1.807) is 23.5 Å². The Morgan fingerprint density at radius 1 is 1.14 bits per heavy atom. The third-order valence-electron chi connectivity index (χ3n) is 3.76. The lowest BCUT2D eigenvalue weighted by molar-refractivity contribution is 0.0692. The van der Waals surface area contributed by atoms with Crippen LogP contribution in [-0.4, -0.2) is 28.4 Å². The number of rotatable bonds is 3. The Labute approximate surface area is 126 Å². The summed E-state index contributed by atoms with van der Waals surface area (Å²) in [4.78, 5) is 26.6. The van der Waals surface area contributed by atoms with Gasteiger partial charge in [0.1, 0.15) is 0 Å². The minimum atomic E-state index is -0.980. The van der Waals surface area contributed by atoms with Crippen molar-refractivity contribution >= 4 is 23.2 Å². The zero-order valence-electron chi connectivity index (χ0n) is 11.4. The Kier molecular flexibility index (Phi) is 3.75. The minimum absolute atomic E-state index is 0.0251. The molecule has 3 rings (SSSR count). The predicted octanol–water partition coefficient (Wildman–Crippen LogP) is 3.42. The SMILES string of the molecule is O=C(O)c1ccc(C(=O)N2CCCC2c2cccs2)cc1. The van der Waals surface area contributed by atoms with Gasteiger partial charge in [-0.15, -0.1) is 11.3 Å². The number of hydrogen-bond donors (Lipinski definition) is 1. The van der Waals surface area contributed by atoms with Crippen LogP contribution in [0.5, 0.6) is 0 Å². The first-order valence-electron chi connectivity index (χ1n) is 6.84. The predicted molar refractivity (Wildman–Crippen MR) is 80.7 cm³/mol. The molecule has 21 heavy (non-hydrogen) atoms. The Morgan fingerprint density at radius 3 is 2.48 bits per heavy atom. The smallest absolute Gasteiger partial charge is 0.335 e. The quantitative estimate of drug-likeness (QED) is 0.945. The summed E-state index contributed by atoms with van der Waals surface area (Å²) in [5.41, 5.74) is 0.742. The van der Waals surface area contributed by atoms with Crippen LogP contribution >= 0.6 is 11.3 Å². The molecule has 1 fully saturated rings. The maximum atomic E-state index is 12.6. The van der Waals surface area contributed by atoms with Crippen LogP contribution in [0.4, 0.5) is 0 Å². The van der Waals surface area contributed by atoms with Gasteiger partial charge in [-0.3, -0.25) is 4.79 Å². The van der Waals surface area contributed by atoms with Gasteiger partial charge in [-0.1, -0.05) is 6.07 Å². The van der Waals surface area contributed by atoms with Gasteiger partial charge in [-0.2, -0.15) is 0 Å². The van der Waals surface area contributed by atoms with E-state index >= 15 is 0 Å². The third-order valence-corrected chi connectivity index (χ3v) is 4.74. The Morgan fingerprint density at radius 2 is 1.86 bits per heavy atom. The molecule has 0 aliphatic carbocycles. The first kappa shape index (κ1) is 13.8. The number of likely N-dealkylation sites (tertiary alicyclic amines) is 1. The molecule has 0 spiro atoms. The average Bonchev–Trinajstić information content (AvgIpc) is 3.17. The molecule has 1 saturated heterocycles. The number of amides is 1. The summed E-state index contributed by atoms with van der Waals surface area (Å²) in [6.45, 7) is 0.752. The first-order valence-corrected chi connectivity index (χ1v) is 7.72. The second kappa shape index (κ2) is 5.69. The molecule has 2 heterocycles. The number of carboxylic acid groups (broad SMARTS) is 1. The first-order chi connectivity index (χ1) is 10.2. The van der Waals surface area contributed by atoms with Gasteiger partial charge in [0.15, 0.2) is 0 Å². The highest BCUT2D eigenvalue weighted by atomic mass is 32.1. The molecule has 1 aromatic carbocycles. The van der Waals surface area contributed by atoms with Crippen LogP contribution in [0.15, 0.2) is 41.8 Å². The number of benzene rings is 1. The van der Waals surface area contributed by atoms with Crippen molar-refractivity contribution in [2.24, 2.45) is 0 Å². The fourth-order valence-electron chi connectivity index (χ4n) is 2.71. The Hall–Kier alpha value is -2.14. The summed E-state index contributed by atoms with van der Waals surface area (Å²) in [6, 6.07) is 10.4. The van der Waals surface area contributed by atoms with Gasteiger partial charge in [0.05, 0.1) is 11.6 Å². The van der Waals surface area contributed by atoms with Crippen molar-refractivity contribution in [3.8, 4) is 0 Å². The molecule has 108 valence electrons. The summed E-state index contributed by atoms with van der Waals surface area (Å²) in [5, 5.41) is 10.9. The van der Waals surface area contributed by atoms with Gasteiger partial charge < -0.3 is 10.0 Å². The summed E-state index contributed by atoms with van der Waals surface area (Å²) >= 11 is 1.67. The van der Waals surface area contributed by atoms with Gasteiger partial charge in [-0.05, 0) is 48.6 Å². The molecule has 1 N–H and O–H groups in total. The summed E-state index contributed by atoms with van der Waals surface area (Å²) in [5.74, 6) is -1.01. The molecular formula is C16H15NO3S. The summed E-state index contributed by atoms with van der Waals surface area (Å²) < 4.78 is 0. The zero-order chi connectivity index (χ0) is 14.8. The molecule has 0 saturated carbocycles. The molecule has 4 nitrogen and oxygen atoms in total. The Balaban J connectivity index is 1.82. The highest BCUT2D eigenvalue weighted by molar-refractivity contribution is 7.10. The standard InChI is InChI=1S/C16H15NO3S/c18-15(11-5-7-12(8-6-11)16(19)20)17-9-1-3-13(17)14-4-2-10-21-14/h2,4-8,10,13H,1,3,9H2,(H,19,20). The van der Waals surface area contributed by atoms with Gasteiger partial charge in [0.2, 0.25) is 0 Å². The molecule has 2 aromatic rings. The molecule has 1 aromatic heterocycles. The summed E-state index contributed by atoms with van der Waals surface area (Å²) in [6.07, 6.45) is 1.99. The van der Waals surface area contributed by atoms with E-state index in [4.69, 9.17) is 5.11 Å². The molecule has 0 radical (unpaired) electrons. The topological polar surface area (TPSA) is 57.6 Å². The van der Waals surface area contributed by atoms with Crippen molar-refractivity contribution in [3.63, 3.8) is 0 Å². The zero-order valence-corrected chi connectivity index (χ0v) is 12.2. The van der Waals surface area contributed by atoms with Crippen LogP contribution < -0.4 is 0 Å². The van der Waals surface area contributed by atoms with Crippen molar-refractivity contribution in [1.82, 2.24) is 4.90 Å². The largest absolute Gasteiger partial charge is 0.478 e. The van der Waals surface area contributed by atoms with Crippen molar-refractivity contribution in [1.29, 1.82) is 0 Å². The molecule has 1 atom stereocenters. The van der Waals surface area contributed by atoms with Crippen LogP contribution in [0, 0.1) is 0 Å². The molecule has 0 bridgehead atoms. The lowest BCUT2D eigenvalue weighted by atomic mass is 10.1. The van der Waals surface area contributed by atoms with E-state index in [1.165, 1.54) is 17.0 Å². The van der Waals surface area contributed by atoms with Crippen LogP contribution in [0.1, 0.15) is 44.5 Å². The van der Waals surface area contributed by atoms with Crippen molar-refractivity contribution < 1.29 is 14.7 Å². The lowest BCUT2D eigenvalue weighted by Gasteiger charge is -2.24. The van der Waals surface area contributed by atoms with Crippen LogP contribution in [0.25, 0.3) is 0 Å². The van der Waals surface area contributed by atoms with E-state index in [1.807, 2.05) is 16.3 Å². The second-order valence-electron chi connectivity index (χ2n) is 5.05. The van der Waals surface area contributed by atoms with Gasteiger partial charge >= 0.3 is 5.97 Å². The monoisotopic (exact) mass is 301 g/mol. The van der Waals surface area contributed by atoms with Gasteiger partial charge in [0.25, 0.3) is 5.91 Å². The molecular weight excluding hydrogens is 286 g/mol. The number of nitrogens with zero attached hydrogens (tertiary/aromatic N) is 1.